The normalized spacial score (nSPS) is 13.8. The number of guanidine groups is 1. The molecule has 0 aliphatic rings. The summed E-state index contributed by atoms with van der Waals surface area (Å²) < 4.78 is 0. The van der Waals surface area contributed by atoms with Crippen LogP contribution in [0.4, 0.5) is 0 Å². The molecule has 342 valence electrons. The number of carbonyl (C=O) groups excluding carboxylic acids is 7. The van der Waals surface area contributed by atoms with Gasteiger partial charge in [-0.3, -0.25) is 43.3 Å². The minimum atomic E-state index is -1.27. The fraction of sp³-hybridized carbons (Fsp3) is 0.625. The first-order valence-electron chi connectivity index (χ1n) is 20.7. The van der Waals surface area contributed by atoms with E-state index in [1.165, 1.54) is 13.8 Å². The lowest BCUT2D eigenvalue weighted by Gasteiger charge is -2.28. The summed E-state index contributed by atoms with van der Waals surface area (Å²) in [6.45, 7) is 6.44. The van der Waals surface area contributed by atoms with Gasteiger partial charge in [-0.05, 0) is 89.3 Å². The molecule has 1 aromatic carbocycles. The Labute approximate surface area is 357 Å². The number of aliphatic carboxylic acids is 1. The second kappa shape index (κ2) is 29.4. The number of amides is 7. The zero-order valence-electron chi connectivity index (χ0n) is 35.8. The van der Waals surface area contributed by atoms with Gasteiger partial charge < -0.3 is 65.3 Å². The number of nitrogens with zero attached hydrogens (tertiary/aromatic N) is 1. The van der Waals surface area contributed by atoms with E-state index in [4.69, 9.17) is 28.0 Å². The highest BCUT2D eigenvalue weighted by atomic mass is 16.4. The maximum absolute atomic E-state index is 14.1. The van der Waals surface area contributed by atoms with Gasteiger partial charge in [-0.2, -0.15) is 0 Å². The van der Waals surface area contributed by atoms with E-state index in [2.05, 4.69) is 42.2 Å². The number of rotatable bonds is 30. The molecular formula is C40H68N12O9. The van der Waals surface area contributed by atoms with Crippen LogP contribution in [0, 0.1) is 5.92 Å². The number of nitrogens with one attached hydrogen (secondary N) is 7. The first-order valence-corrected chi connectivity index (χ1v) is 20.7. The highest BCUT2D eigenvalue weighted by Gasteiger charge is 2.33. The van der Waals surface area contributed by atoms with E-state index in [0.29, 0.717) is 44.3 Å². The molecule has 7 amide bonds. The number of aliphatic imine (C=N–C) groups is 1. The van der Waals surface area contributed by atoms with Gasteiger partial charge in [-0.15, -0.1) is 0 Å². The molecule has 21 heteroatoms. The quantitative estimate of drug-likeness (QED) is 0.0221. The fourth-order valence-corrected chi connectivity index (χ4v) is 6.10. The van der Waals surface area contributed by atoms with Gasteiger partial charge in [0.2, 0.25) is 41.4 Å². The van der Waals surface area contributed by atoms with Gasteiger partial charge in [-0.1, -0.05) is 44.2 Å². The molecule has 16 N–H and O–H groups in total. The standard InChI is InChI=1S/C40H68N12O9/c1-24(2)21-31(39(61)52-32(35(57)46-23-33(54)55)22-27-13-6-5-7-14-27)51-38(60)29(16-9-11-19-42)49-37(59)30(17-12-20-45-40(43)44)50-36(58)28(15-8-10-18-41)48-34(56)25(3)47-26(4)53/h5-7,13-14,24-25,28-32H,8-12,15-23,41-42H2,1-4H3,(H,46,57)(H,47,53)(H,48,56)(H,49,59)(H,50,58)(H,51,60)(H,52,61)(H,54,55)(H4,43,44,45)/t25-,28-,29-,30-,31-,32-/m0/s1. The van der Waals surface area contributed by atoms with E-state index in [1.807, 2.05) is 13.8 Å². The molecule has 1 aromatic rings. The van der Waals surface area contributed by atoms with Crippen molar-refractivity contribution in [3.63, 3.8) is 0 Å². The third kappa shape index (κ3) is 22.9. The number of benzene rings is 1. The molecule has 0 radical (unpaired) electrons. The molecule has 0 aliphatic carbocycles. The molecule has 0 saturated heterocycles. The molecule has 0 saturated carbocycles. The minimum absolute atomic E-state index is 0.0162. The van der Waals surface area contributed by atoms with Crippen molar-refractivity contribution in [3.8, 4) is 0 Å². The van der Waals surface area contributed by atoms with Gasteiger partial charge >= 0.3 is 5.97 Å². The van der Waals surface area contributed by atoms with Crippen LogP contribution in [0.15, 0.2) is 35.3 Å². The Morgan fingerprint density at radius 1 is 0.607 bits per heavy atom. The number of carboxylic acids is 1. The van der Waals surface area contributed by atoms with Crippen LogP contribution in [0.5, 0.6) is 0 Å². The molecule has 6 atom stereocenters. The van der Waals surface area contributed by atoms with Crippen molar-refractivity contribution in [2.45, 2.75) is 128 Å². The molecule has 0 aromatic heterocycles. The van der Waals surface area contributed by atoms with Gasteiger partial charge in [0.1, 0.15) is 42.8 Å². The van der Waals surface area contributed by atoms with E-state index in [1.54, 1.807) is 30.3 Å². The van der Waals surface area contributed by atoms with Crippen LogP contribution in [0.1, 0.15) is 91.0 Å². The van der Waals surface area contributed by atoms with Crippen molar-refractivity contribution in [1.82, 2.24) is 37.2 Å². The smallest absolute Gasteiger partial charge is 0.322 e. The molecule has 0 fully saturated rings. The predicted octanol–water partition coefficient (Wildman–Crippen LogP) is -2.26. The summed E-state index contributed by atoms with van der Waals surface area (Å²) in [6.07, 6.45) is 2.59. The Kier molecular flexibility index (Phi) is 25.6. The van der Waals surface area contributed by atoms with Crippen LogP contribution in [0.25, 0.3) is 0 Å². The Bertz CT molecular complexity index is 1610. The Morgan fingerprint density at radius 3 is 1.52 bits per heavy atom. The predicted molar refractivity (Wildman–Crippen MR) is 229 cm³/mol. The van der Waals surface area contributed by atoms with E-state index in [0.717, 1.165) is 0 Å². The van der Waals surface area contributed by atoms with Crippen LogP contribution in [0.2, 0.25) is 0 Å². The zero-order chi connectivity index (χ0) is 45.9. The molecule has 0 unspecified atom stereocenters. The summed E-state index contributed by atoms with van der Waals surface area (Å²) in [4.78, 5) is 108. The van der Waals surface area contributed by atoms with Gasteiger partial charge in [0.05, 0.1) is 0 Å². The second-order valence-corrected chi connectivity index (χ2v) is 15.2. The summed E-state index contributed by atoms with van der Waals surface area (Å²) in [5, 5.41) is 27.4. The summed E-state index contributed by atoms with van der Waals surface area (Å²) in [5.41, 5.74) is 23.0. The van der Waals surface area contributed by atoms with Crippen molar-refractivity contribution >= 4 is 53.3 Å². The summed E-state index contributed by atoms with van der Waals surface area (Å²) in [5.74, 6) is -6.25. The molecule has 61 heavy (non-hydrogen) atoms. The summed E-state index contributed by atoms with van der Waals surface area (Å²) in [6, 6.07) is 1.87. The van der Waals surface area contributed by atoms with Crippen LogP contribution >= 0.6 is 0 Å². The first kappa shape index (κ1) is 53.2. The van der Waals surface area contributed by atoms with Crippen LogP contribution in [-0.2, 0) is 44.8 Å². The van der Waals surface area contributed by atoms with Crippen molar-refractivity contribution < 1.29 is 43.5 Å². The number of unbranched alkanes of at least 4 members (excludes halogenated alkanes) is 2. The molecule has 1 rings (SSSR count). The molecule has 0 spiro atoms. The van der Waals surface area contributed by atoms with Crippen molar-refractivity contribution in [3.05, 3.63) is 35.9 Å². The maximum Gasteiger partial charge on any atom is 0.322 e. The molecule has 21 nitrogen and oxygen atoms in total. The zero-order valence-corrected chi connectivity index (χ0v) is 35.8. The lowest BCUT2D eigenvalue weighted by Crippen LogP contribution is -2.60. The monoisotopic (exact) mass is 861 g/mol. The minimum Gasteiger partial charge on any atom is -0.480 e. The molecular weight excluding hydrogens is 793 g/mol. The lowest BCUT2D eigenvalue weighted by atomic mass is 10.00. The SMILES string of the molecule is CC(=O)N[C@@H](C)C(=O)N[C@@H](CCCCN)C(=O)N[C@@H](CCCN=C(N)N)C(=O)N[C@@H](CCCCN)C(=O)N[C@@H](CC(C)C)C(=O)N[C@@H](Cc1ccccc1)C(=O)NCC(=O)O. The van der Waals surface area contributed by atoms with E-state index in [9.17, 15) is 38.4 Å². The highest BCUT2D eigenvalue weighted by molar-refractivity contribution is 5.97. The van der Waals surface area contributed by atoms with E-state index in [-0.39, 0.29) is 56.9 Å². The number of nitrogens with two attached hydrogens (primary N) is 4. The van der Waals surface area contributed by atoms with E-state index < -0.39 is 90.1 Å². The average Bonchev–Trinajstić information content (AvgIpc) is 3.19. The Morgan fingerprint density at radius 2 is 1.07 bits per heavy atom. The fourth-order valence-electron chi connectivity index (χ4n) is 6.10. The van der Waals surface area contributed by atoms with Gasteiger partial charge in [0, 0.05) is 19.9 Å². The molecule has 0 aliphatic heterocycles. The van der Waals surface area contributed by atoms with Crippen molar-refractivity contribution in [1.29, 1.82) is 0 Å². The number of carbonyl (C=O) groups is 8. The third-order valence-corrected chi connectivity index (χ3v) is 9.22. The number of hydrogen-bond acceptors (Lipinski definition) is 11. The third-order valence-electron chi connectivity index (χ3n) is 9.22. The first-order chi connectivity index (χ1) is 28.9. The van der Waals surface area contributed by atoms with Crippen LogP contribution in [0.3, 0.4) is 0 Å². The van der Waals surface area contributed by atoms with Crippen LogP contribution in [-0.4, -0.2) is 121 Å². The van der Waals surface area contributed by atoms with Crippen LogP contribution < -0.4 is 60.2 Å². The van der Waals surface area contributed by atoms with Gasteiger partial charge in [-0.25, -0.2) is 0 Å². The highest BCUT2D eigenvalue weighted by Crippen LogP contribution is 2.11. The topological polar surface area (TPSA) is 357 Å². The molecule has 0 bridgehead atoms. The summed E-state index contributed by atoms with van der Waals surface area (Å²) >= 11 is 0. The number of hydrogen-bond donors (Lipinski definition) is 12. The maximum atomic E-state index is 14.1. The van der Waals surface area contributed by atoms with E-state index >= 15 is 0 Å². The number of carboxylic acid groups (broad SMARTS) is 1. The molecule has 0 heterocycles. The van der Waals surface area contributed by atoms with Crippen molar-refractivity contribution in [2.24, 2.45) is 33.8 Å². The average molecular weight is 861 g/mol. The van der Waals surface area contributed by atoms with Gasteiger partial charge in [0.15, 0.2) is 5.96 Å². The van der Waals surface area contributed by atoms with Crippen molar-refractivity contribution in [2.75, 3.05) is 26.2 Å². The second-order valence-electron chi connectivity index (χ2n) is 15.2. The largest absolute Gasteiger partial charge is 0.480 e. The van der Waals surface area contributed by atoms with Gasteiger partial charge in [0.25, 0.3) is 0 Å². The Hall–Kier alpha value is -5.83. The Balaban J connectivity index is 3.43. The summed E-state index contributed by atoms with van der Waals surface area (Å²) in [7, 11) is 0. The lowest BCUT2D eigenvalue weighted by molar-refractivity contribution is -0.138.